The molecule has 0 unspecified atom stereocenters. The highest BCUT2D eigenvalue weighted by atomic mass is 19.1. The molecule has 1 fully saturated rings. The van der Waals surface area contributed by atoms with E-state index in [2.05, 4.69) is 5.10 Å². The Bertz CT molecular complexity index is 756. The Morgan fingerprint density at radius 2 is 2.13 bits per heavy atom. The Hall–Kier alpha value is -2.21. The van der Waals surface area contributed by atoms with Crippen molar-refractivity contribution in [3.63, 3.8) is 0 Å². The maximum absolute atomic E-state index is 13.5. The quantitative estimate of drug-likeness (QED) is 0.923. The Morgan fingerprint density at radius 3 is 2.74 bits per heavy atom. The van der Waals surface area contributed by atoms with Crippen LogP contribution < -0.4 is 0 Å². The number of benzene rings is 1. The van der Waals surface area contributed by atoms with Gasteiger partial charge in [0.05, 0.1) is 23.4 Å². The van der Waals surface area contributed by atoms with Crippen molar-refractivity contribution in [2.75, 3.05) is 6.54 Å². The number of likely N-dealkylation sites (tertiary alicyclic amines) is 1. The van der Waals surface area contributed by atoms with Gasteiger partial charge in [-0.2, -0.15) is 5.10 Å². The lowest BCUT2D eigenvalue weighted by Crippen LogP contribution is -2.32. The number of carbonyl (C=O) groups excluding carboxylic acids is 1. The summed E-state index contributed by atoms with van der Waals surface area (Å²) in [4.78, 5) is 14.6. The lowest BCUT2D eigenvalue weighted by atomic mass is 10.0. The van der Waals surface area contributed by atoms with Crippen molar-refractivity contribution in [3.05, 3.63) is 52.6 Å². The van der Waals surface area contributed by atoms with E-state index in [-0.39, 0.29) is 24.3 Å². The minimum Gasteiger partial charge on any atom is -0.391 e. The van der Waals surface area contributed by atoms with Gasteiger partial charge in [0.2, 0.25) is 0 Å². The third-order valence-corrected chi connectivity index (χ3v) is 4.50. The summed E-state index contributed by atoms with van der Waals surface area (Å²) < 4.78 is 15.2. The maximum Gasteiger partial charge on any atom is 0.258 e. The van der Waals surface area contributed by atoms with Gasteiger partial charge in [0.1, 0.15) is 5.82 Å². The molecule has 3 rings (SSSR count). The van der Waals surface area contributed by atoms with E-state index >= 15 is 0 Å². The van der Waals surface area contributed by atoms with Crippen molar-refractivity contribution < 1.29 is 14.3 Å². The molecule has 1 aromatic heterocycles. The summed E-state index contributed by atoms with van der Waals surface area (Å²) >= 11 is 0. The van der Waals surface area contributed by atoms with Gasteiger partial charge in [-0.3, -0.25) is 9.48 Å². The number of hydrogen-bond acceptors (Lipinski definition) is 3. The number of amides is 1. The normalized spacial score (nSPS) is 21.0. The molecule has 23 heavy (non-hydrogen) atoms. The molecule has 2 atom stereocenters. The predicted molar refractivity (Wildman–Crippen MR) is 83.5 cm³/mol. The van der Waals surface area contributed by atoms with Crippen LogP contribution in [0.2, 0.25) is 0 Å². The van der Waals surface area contributed by atoms with Gasteiger partial charge in [0, 0.05) is 19.3 Å². The third-order valence-electron chi connectivity index (χ3n) is 4.50. The summed E-state index contributed by atoms with van der Waals surface area (Å²) in [6.07, 6.45) is -0.197. The first-order valence-corrected chi connectivity index (χ1v) is 7.63. The van der Waals surface area contributed by atoms with E-state index in [0.29, 0.717) is 23.2 Å². The standard InChI is InChI=1S/C17H20FN3O2/c1-10-16(11(2)20(3)19-10)17(23)21-9-14(22)8-15(21)12-5-4-6-13(18)7-12/h4-7,14-15,22H,8-9H2,1-3H3/t14-,15+/m1/s1. The van der Waals surface area contributed by atoms with E-state index in [4.69, 9.17) is 0 Å². The molecule has 0 spiro atoms. The van der Waals surface area contributed by atoms with Crippen LogP contribution in [0.4, 0.5) is 4.39 Å². The molecule has 1 saturated heterocycles. The Morgan fingerprint density at radius 1 is 1.39 bits per heavy atom. The Balaban J connectivity index is 1.98. The first kappa shape index (κ1) is 15.7. The van der Waals surface area contributed by atoms with Crippen LogP contribution in [0, 0.1) is 19.7 Å². The van der Waals surface area contributed by atoms with E-state index in [1.807, 2.05) is 6.92 Å². The Kier molecular flexibility index (Phi) is 3.93. The summed E-state index contributed by atoms with van der Waals surface area (Å²) in [6.45, 7) is 3.88. The Labute approximate surface area is 134 Å². The monoisotopic (exact) mass is 317 g/mol. The number of aryl methyl sites for hydroxylation is 2. The average molecular weight is 317 g/mol. The van der Waals surface area contributed by atoms with Crippen LogP contribution in [-0.2, 0) is 7.05 Å². The third kappa shape index (κ3) is 2.74. The molecule has 1 N–H and O–H groups in total. The minimum absolute atomic E-state index is 0.168. The summed E-state index contributed by atoms with van der Waals surface area (Å²) in [5.74, 6) is -0.510. The number of carbonyl (C=O) groups is 1. The van der Waals surface area contributed by atoms with Crippen LogP contribution in [0.3, 0.4) is 0 Å². The number of halogens is 1. The van der Waals surface area contributed by atoms with E-state index in [1.54, 1.807) is 35.7 Å². The number of aliphatic hydroxyl groups is 1. The number of aromatic nitrogens is 2. The van der Waals surface area contributed by atoms with Crippen LogP contribution >= 0.6 is 0 Å². The van der Waals surface area contributed by atoms with Crippen molar-refractivity contribution in [1.82, 2.24) is 14.7 Å². The SMILES string of the molecule is Cc1nn(C)c(C)c1C(=O)N1C[C@H](O)C[C@H]1c1cccc(F)c1. The van der Waals surface area contributed by atoms with Crippen molar-refractivity contribution in [1.29, 1.82) is 0 Å². The minimum atomic E-state index is -0.607. The predicted octanol–water partition coefficient (Wildman–Crippen LogP) is 2.12. The van der Waals surface area contributed by atoms with Crippen molar-refractivity contribution in [3.8, 4) is 0 Å². The first-order chi connectivity index (χ1) is 10.9. The summed E-state index contributed by atoms with van der Waals surface area (Å²) in [5, 5.41) is 14.3. The van der Waals surface area contributed by atoms with Gasteiger partial charge in [-0.05, 0) is 38.0 Å². The lowest BCUT2D eigenvalue weighted by Gasteiger charge is -2.25. The van der Waals surface area contributed by atoms with Crippen molar-refractivity contribution >= 4 is 5.91 Å². The molecular weight excluding hydrogens is 297 g/mol. The summed E-state index contributed by atoms with van der Waals surface area (Å²) in [6, 6.07) is 5.88. The van der Waals surface area contributed by atoms with Crippen molar-refractivity contribution in [2.24, 2.45) is 7.05 Å². The molecule has 5 nitrogen and oxygen atoms in total. The fraction of sp³-hybridized carbons (Fsp3) is 0.412. The van der Waals surface area contributed by atoms with Crippen LogP contribution in [0.15, 0.2) is 24.3 Å². The number of nitrogens with zero attached hydrogens (tertiary/aromatic N) is 3. The summed E-state index contributed by atoms with van der Waals surface area (Å²) in [7, 11) is 1.79. The maximum atomic E-state index is 13.5. The number of β-amino-alcohol motifs (C(OH)–C–C–N with tert-alkyl or cyclic N) is 1. The zero-order valence-electron chi connectivity index (χ0n) is 13.5. The molecule has 0 saturated carbocycles. The molecule has 0 bridgehead atoms. The second-order valence-corrected chi connectivity index (χ2v) is 6.09. The number of rotatable bonds is 2. The van der Waals surface area contributed by atoms with Gasteiger partial charge in [0.15, 0.2) is 0 Å². The van der Waals surface area contributed by atoms with Gasteiger partial charge < -0.3 is 10.0 Å². The molecule has 0 radical (unpaired) electrons. The van der Waals surface area contributed by atoms with Crippen LogP contribution in [0.5, 0.6) is 0 Å². The molecule has 122 valence electrons. The number of hydrogen-bond donors (Lipinski definition) is 1. The van der Waals surface area contributed by atoms with Gasteiger partial charge in [-0.15, -0.1) is 0 Å². The lowest BCUT2D eigenvalue weighted by molar-refractivity contribution is 0.0714. The van der Waals surface area contributed by atoms with Crippen LogP contribution in [0.25, 0.3) is 0 Å². The van der Waals surface area contributed by atoms with Gasteiger partial charge in [-0.25, -0.2) is 4.39 Å². The molecule has 0 aliphatic carbocycles. The first-order valence-electron chi connectivity index (χ1n) is 7.63. The fourth-order valence-electron chi connectivity index (χ4n) is 3.29. The van der Waals surface area contributed by atoms with Crippen molar-refractivity contribution in [2.45, 2.75) is 32.4 Å². The zero-order chi connectivity index (χ0) is 16.7. The second-order valence-electron chi connectivity index (χ2n) is 6.09. The topological polar surface area (TPSA) is 58.4 Å². The highest BCUT2D eigenvalue weighted by Gasteiger charge is 2.37. The van der Waals surface area contributed by atoms with Gasteiger partial charge in [0.25, 0.3) is 5.91 Å². The van der Waals surface area contributed by atoms with E-state index in [9.17, 15) is 14.3 Å². The molecule has 1 aromatic carbocycles. The molecular formula is C17H20FN3O2. The number of aliphatic hydroxyl groups excluding tert-OH is 1. The molecule has 1 aliphatic rings. The zero-order valence-corrected chi connectivity index (χ0v) is 13.5. The van der Waals surface area contributed by atoms with E-state index in [0.717, 1.165) is 5.69 Å². The second kappa shape index (κ2) is 5.77. The molecule has 2 aromatic rings. The van der Waals surface area contributed by atoms with E-state index in [1.165, 1.54) is 12.1 Å². The van der Waals surface area contributed by atoms with Crippen LogP contribution in [0.1, 0.15) is 39.8 Å². The molecule has 1 amide bonds. The largest absolute Gasteiger partial charge is 0.391 e. The molecule has 1 aliphatic heterocycles. The molecule has 6 heteroatoms. The molecule has 2 heterocycles. The highest BCUT2D eigenvalue weighted by molar-refractivity contribution is 5.97. The fourth-order valence-corrected chi connectivity index (χ4v) is 3.29. The van der Waals surface area contributed by atoms with Gasteiger partial charge >= 0.3 is 0 Å². The van der Waals surface area contributed by atoms with E-state index < -0.39 is 6.10 Å². The smallest absolute Gasteiger partial charge is 0.258 e. The average Bonchev–Trinajstić information content (AvgIpc) is 2.99. The van der Waals surface area contributed by atoms with Gasteiger partial charge in [-0.1, -0.05) is 12.1 Å². The summed E-state index contributed by atoms with van der Waals surface area (Å²) in [5.41, 5.74) is 2.71. The van der Waals surface area contributed by atoms with Crippen LogP contribution in [-0.4, -0.2) is 38.3 Å². The highest BCUT2D eigenvalue weighted by Crippen LogP contribution is 2.34.